The molecule has 0 bridgehead atoms. The van der Waals surface area contributed by atoms with Gasteiger partial charge in [0.05, 0.1) is 18.0 Å². The third kappa shape index (κ3) is 2.47. The molecule has 0 aliphatic heterocycles. The Morgan fingerprint density at radius 3 is 2.43 bits per heavy atom. The van der Waals surface area contributed by atoms with Gasteiger partial charge in [0, 0.05) is 11.0 Å². The fraction of sp³-hybridized carbons (Fsp3) is 0.375. The van der Waals surface area contributed by atoms with Crippen LogP contribution in [0.1, 0.15) is 37.0 Å². The van der Waals surface area contributed by atoms with Gasteiger partial charge in [-0.25, -0.2) is 9.50 Å². The average Bonchev–Trinajstić information content (AvgIpc) is 2.96. The number of benzene rings is 1. The lowest BCUT2D eigenvalue weighted by Crippen LogP contribution is -2.11. The van der Waals surface area contributed by atoms with Crippen LogP contribution in [0, 0.1) is 6.92 Å². The van der Waals surface area contributed by atoms with Gasteiger partial charge in [0.1, 0.15) is 5.01 Å². The number of aromatic nitrogens is 3. The number of hydrogen-bond donors (Lipinski definition) is 1. The first-order chi connectivity index (χ1) is 9.90. The van der Waals surface area contributed by atoms with Gasteiger partial charge in [0.25, 0.3) is 0 Å². The molecule has 0 spiro atoms. The Kier molecular flexibility index (Phi) is 3.34. The van der Waals surface area contributed by atoms with Crippen LogP contribution >= 0.6 is 11.3 Å². The molecule has 0 unspecified atom stereocenters. The second-order valence-electron chi connectivity index (χ2n) is 6.28. The quantitative estimate of drug-likeness (QED) is 0.787. The largest absolute Gasteiger partial charge is 0.390 e. The summed E-state index contributed by atoms with van der Waals surface area (Å²) < 4.78 is 1.78. The molecule has 21 heavy (non-hydrogen) atoms. The van der Waals surface area contributed by atoms with Gasteiger partial charge >= 0.3 is 0 Å². The number of nitrogens with zero attached hydrogens (tertiary/aromatic N) is 3. The predicted octanol–water partition coefficient (Wildman–Crippen LogP) is 3.56. The second-order valence-corrected chi connectivity index (χ2v) is 7.24. The fourth-order valence-corrected chi connectivity index (χ4v) is 3.15. The Morgan fingerprint density at radius 2 is 1.86 bits per heavy atom. The molecule has 5 heteroatoms. The summed E-state index contributed by atoms with van der Waals surface area (Å²) in [7, 11) is 0. The first-order valence-corrected chi connectivity index (χ1v) is 7.78. The first kappa shape index (κ1) is 14.2. The van der Waals surface area contributed by atoms with Gasteiger partial charge in [-0.1, -0.05) is 61.9 Å². The van der Waals surface area contributed by atoms with E-state index in [0.717, 1.165) is 26.9 Å². The first-order valence-electron chi connectivity index (χ1n) is 6.97. The molecule has 1 N–H and O–H groups in total. The molecule has 0 aliphatic rings. The summed E-state index contributed by atoms with van der Waals surface area (Å²) in [6.45, 7) is 8.37. The van der Waals surface area contributed by atoms with E-state index in [2.05, 4.69) is 49.9 Å². The molecule has 0 saturated carbocycles. The zero-order valence-electron chi connectivity index (χ0n) is 12.7. The van der Waals surface area contributed by atoms with Crippen LogP contribution in [-0.4, -0.2) is 19.7 Å². The molecule has 0 aliphatic carbocycles. The summed E-state index contributed by atoms with van der Waals surface area (Å²) in [5.41, 5.74) is 3.78. The topological polar surface area (TPSA) is 50.4 Å². The fourth-order valence-electron chi connectivity index (χ4n) is 2.18. The van der Waals surface area contributed by atoms with Crippen LogP contribution in [0.4, 0.5) is 0 Å². The predicted molar refractivity (Wildman–Crippen MR) is 85.7 cm³/mol. The zero-order chi connectivity index (χ0) is 15.2. The standard InChI is InChI=1S/C16H19N3OS/c1-10-5-7-11(8-6-10)13-12(9-20)19-15(17-13)21-14(18-19)16(2,3)4/h5-8,20H,9H2,1-4H3. The maximum absolute atomic E-state index is 9.74. The molecule has 0 atom stereocenters. The van der Waals surface area contributed by atoms with Gasteiger partial charge in [-0.3, -0.25) is 0 Å². The van der Waals surface area contributed by atoms with Crippen molar-refractivity contribution in [3.63, 3.8) is 0 Å². The second kappa shape index (κ2) is 4.93. The van der Waals surface area contributed by atoms with Crippen LogP contribution in [0.25, 0.3) is 16.2 Å². The minimum absolute atomic E-state index is 0.0118. The number of hydrogen-bond acceptors (Lipinski definition) is 4. The summed E-state index contributed by atoms with van der Waals surface area (Å²) in [4.78, 5) is 5.51. The molecule has 1 aromatic carbocycles. The lowest BCUT2D eigenvalue weighted by molar-refractivity contribution is 0.274. The van der Waals surface area contributed by atoms with Crippen LogP contribution in [0.5, 0.6) is 0 Å². The molecule has 0 saturated heterocycles. The Hall–Kier alpha value is -1.72. The summed E-state index contributed by atoms with van der Waals surface area (Å²) in [5.74, 6) is 0. The van der Waals surface area contributed by atoms with E-state index in [0.29, 0.717) is 0 Å². The van der Waals surface area contributed by atoms with E-state index >= 15 is 0 Å². The highest BCUT2D eigenvalue weighted by Gasteiger charge is 2.23. The molecular formula is C16H19N3OS. The van der Waals surface area contributed by atoms with Crippen molar-refractivity contribution in [2.24, 2.45) is 0 Å². The molecule has 110 valence electrons. The normalized spacial score (nSPS) is 12.2. The third-order valence-corrected chi connectivity index (χ3v) is 4.75. The molecule has 2 heterocycles. The van der Waals surface area contributed by atoms with E-state index in [1.165, 1.54) is 5.56 Å². The Morgan fingerprint density at radius 1 is 1.19 bits per heavy atom. The van der Waals surface area contributed by atoms with Crippen molar-refractivity contribution in [2.45, 2.75) is 39.7 Å². The van der Waals surface area contributed by atoms with E-state index in [1.54, 1.807) is 15.9 Å². The Bertz CT molecular complexity index is 778. The molecule has 0 fully saturated rings. The number of aliphatic hydroxyl groups is 1. The minimum Gasteiger partial charge on any atom is -0.390 e. The van der Waals surface area contributed by atoms with Crippen molar-refractivity contribution in [1.82, 2.24) is 14.6 Å². The molecule has 3 rings (SSSR count). The summed E-state index contributed by atoms with van der Waals surface area (Å²) in [6, 6.07) is 8.17. The Labute approximate surface area is 128 Å². The monoisotopic (exact) mass is 301 g/mol. The number of rotatable bonds is 2. The third-order valence-electron chi connectivity index (χ3n) is 3.41. The van der Waals surface area contributed by atoms with Crippen LogP contribution in [0.2, 0.25) is 0 Å². The summed E-state index contributed by atoms with van der Waals surface area (Å²) in [5, 5.41) is 15.4. The zero-order valence-corrected chi connectivity index (χ0v) is 13.5. The number of aryl methyl sites for hydroxylation is 1. The minimum atomic E-state index is -0.0717. The van der Waals surface area contributed by atoms with Crippen LogP contribution < -0.4 is 0 Å². The van der Waals surface area contributed by atoms with E-state index in [9.17, 15) is 5.11 Å². The molecule has 4 nitrogen and oxygen atoms in total. The van der Waals surface area contributed by atoms with Crippen molar-refractivity contribution in [3.8, 4) is 11.3 Å². The van der Waals surface area contributed by atoms with E-state index in [-0.39, 0.29) is 12.0 Å². The van der Waals surface area contributed by atoms with E-state index in [1.807, 2.05) is 12.1 Å². The van der Waals surface area contributed by atoms with Crippen molar-refractivity contribution in [2.75, 3.05) is 0 Å². The smallest absolute Gasteiger partial charge is 0.213 e. The van der Waals surface area contributed by atoms with Gasteiger partial charge in [0.2, 0.25) is 4.96 Å². The van der Waals surface area contributed by atoms with Crippen molar-refractivity contribution < 1.29 is 5.11 Å². The van der Waals surface area contributed by atoms with E-state index < -0.39 is 0 Å². The summed E-state index contributed by atoms with van der Waals surface area (Å²) >= 11 is 1.58. The lowest BCUT2D eigenvalue weighted by atomic mass is 9.98. The maximum atomic E-state index is 9.74. The van der Waals surface area contributed by atoms with Gasteiger partial charge in [-0.15, -0.1) is 0 Å². The van der Waals surface area contributed by atoms with Gasteiger partial charge in [-0.05, 0) is 6.92 Å². The molecule has 0 amide bonds. The van der Waals surface area contributed by atoms with Crippen molar-refractivity contribution >= 4 is 16.3 Å². The van der Waals surface area contributed by atoms with Crippen LogP contribution in [-0.2, 0) is 12.0 Å². The highest BCUT2D eigenvalue weighted by molar-refractivity contribution is 7.16. The summed E-state index contributed by atoms with van der Waals surface area (Å²) in [6.07, 6.45) is 0. The molecule has 2 aromatic heterocycles. The molecule has 3 aromatic rings. The lowest BCUT2D eigenvalue weighted by Gasteiger charge is -2.12. The van der Waals surface area contributed by atoms with E-state index in [4.69, 9.17) is 0 Å². The average molecular weight is 301 g/mol. The number of fused-ring (bicyclic) bond motifs is 1. The highest BCUT2D eigenvalue weighted by atomic mass is 32.1. The maximum Gasteiger partial charge on any atom is 0.213 e. The highest BCUT2D eigenvalue weighted by Crippen LogP contribution is 2.31. The van der Waals surface area contributed by atoms with Crippen molar-refractivity contribution in [3.05, 3.63) is 40.5 Å². The van der Waals surface area contributed by atoms with Gasteiger partial charge in [0.15, 0.2) is 0 Å². The SMILES string of the molecule is Cc1ccc(-c2nc3sc(C(C)(C)C)nn3c2CO)cc1. The number of imidazole rings is 1. The van der Waals surface area contributed by atoms with Crippen molar-refractivity contribution in [1.29, 1.82) is 0 Å². The number of aliphatic hydroxyl groups excluding tert-OH is 1. The van der Waals surface area contributed by atoms with Crippen LogP contribution in [0.3, 0.4) is 0 Å². The van der Waals surface area contributed by atoms with Crippen LogP contribution in [0.15, 0.2) is 24.3 Å². The molecule has 0 radical (unpaired) electrons. The van der Waals surface area contributed by atoms with Gasteiger partial charge < -0.3 is 5.11 Å². The molecular weight excluding hydrogens is 282 g/mol. The van der Waals surface area contributed by atoms with Gasteiger partial charge in [-0.2, -0.15) is 5.10 Å². The Balaban J connectivity index is 2.16.